The van der Waals surface area contributed by atoms with Crippen LogP contribution in [0.1, 0.15) is 22.9 Å². The Morgan fingerprint density at radius 2 is 1.50 bits per heavy atom. The van der Waals surface area contributed by atoms with Gasteiger partial charge in [-0.3, -0.25) is 0 Å². The first-order valence-electron chi connectivity index (χ1n) is 14.8. The largest absolute Gasteiger partial charge is 0.399 e. The summed E-state index contributed by atoms with van der Waals surface area (Å²) in [4.78, 5) is 9.43. The molecule has 238 valence electrons. The van der Waals surface area contributed by atoms with Gasteiger partial charge in [0.15, 0.2) is 5.82 Å². The van der Waals surface area contributed by atoms with Gasteiger partial charge in [-0.05, 0) is 77.2 Å². The molecular weight excluding hydrogens is 659 g/mol. The number of sulfonamides is 1. The van der Waals surface area contributed by atoms with Crippen LogP contribution in [0.3, 0.4) is 0 Å². The molecule has 4 aromatic carbocycles. The van der Waals surface area contributed by atoms with Crippen LogP contribution in [0.5, 0.6) is 0 Å². The number of anilines is 3. The fraction of sp³-hybridized carbons (Fsp3) is 0.235. The van der Waals surface area contributed by atoms with Crippen LogP contribution in [0, 0.1) is 0 Å². The smallest absolute Gasteiger partial charge is 0.243 e. The van der Waals surface area contributed by atoms with E-state index in [4.69, 9.17) is 38.3 Å². The van der Waals surface area contributed by atoms with Crippen molar-refractivity contribution >= 4 is 61.3 Å². The molecule has 0 spiro atoms. The Morgan fingerprint density at radius 3 is 2.13 bits per heavy atom. The Kier molecular flexibility index (Phi) is 9.54. The van der Waals surface area contributed by atoms with Crippen molar-refractivity contribution in [3.05, 3.63) is 118 Å². The molecule has 1 atom stereocenters. The molecule has 12 heteroatoms. The zero-order valence-corrected chi connectivity index (χ0v) is 28.6. The third kappa shape index (κ3) is 7.01. The van der Waals surface area contributed by atoms with E-state index in [1.807, 2.05) is 44.4 Å². The van der Waals surface area contributed by atoms with Gasteiger partial charge in [-0.25, -0.2) is 13.4 Å². The van der Waals surface area contributed by atoms with Gasteiger partial charge in [-0.15, -0.1) is 0 Å². The van der Waals surface area contributed by atoms with Crippen molar-refractivity contribution in [2.75, 3.05) is 55.8 Å². The summed E-state index contributed by atoms with van der Waals surface area (Å²) >= 11 is 13.6. The van der Waals surface area contributed by atoms with Crippen LogP contribution in [0.4, 0.5) is 16.5 Å². The van der Waals surface area contributed by atoms with E-state index in [1.54, 1.807) is 36.4 Å². The summed E-state index contributed by atoms with van der Waals surface area (Å²) in [6, 6.07) is 28.6. The molecule has 1 aliphatic rings. The third-order valence-electron chi connectivity index (χ3n) is 8.23. The second kappa shape index (κ2) is 13.6. The number of halogens is 2. The number of hydrogen-bond acceptors (Lipinski definition) is 8. The number of rotatable bonds is 9. The van der Waals surface area contributed by atoms with Crippen LogP contribution < -0.4 is 15.5 Å². The highest BCUT2D eigenvalue weighted by Gasteiger charge is 2.30. The highest BCUT2D eigenvalue weighted by atomic mass is 35.5. The molecule has 1 saturated heterocycles. The summed E-state index contributed by atoms with van der Waals surface area (Å²) in [5, 5.41) is 1.72. The van der Waals surface area contributed by atoms with Crippen LogP contribution in [0.15, 0.2) is 95.9 Å². The zero-order valence-electron chi connectivity index (χ0n) is 25.5. The summed E-state index contributed by atoms with van der Waals surface area (Å²) in [5.41, 5.74) is 11.8. The molecule has 1 unspecified atom stereocenters. The molecule has 0 radical (unpaired) electrons. The Morgan fingerprint density at radius 1 is 0.848 bits per heavy atom. The van der Waals surface area contributed by atoms with E-state index in [2.05, 4.69) is 34.1 Å². The van der Waals surface area contributed by atoms with E-state index in [-0.39, 0.29) is 10.8 Å². The van der Waals surface area contributed by atoms with Gasteiger partial charge in [0.25, 0.3) is 0 Å². The van der Waals surface area contributed by atoms with E-state index < -0.39 is 10.0 Å². The van der Waals surface area contributed by atoms with Crippen molar-refractivity contribution < 1.29 is 8.42 Å². The minimum Gasteiger partial charge on any atom is -0.399 e. The van der Waals surface area contributed by atoms with Crippen molar-refractivity contribution in [3.8, 4) is 11.1 Å². The van der Waals surface area contributed by atoms with Gasteiger partial charge >= 0.3 is 0 Å². The Hall–Kier alpha value is -3.67. The predicted octanol–water partition coefficient (Wildman–Crippen LogP) is 7.05. The summed E-state index contributed by atoms with van der Waals surface area (Å²) in [6.45, 7) is 1.75. The summed E-state index contributed by atoms with van der Waals surface area (Å²) < 4.78 is 33.4. The van der Waals surface area contributed by atoms with Crippen LogP contribution in [-0.2, 0) is 16.4 Å². The van der Waals surface area contributed by atoms with Gasteiger partial charge in [0, 0.05) is 69.1 Å². The number of benzene rings is 4. The molecule has 2 heterocycles. The van der Waals surface area contributed by atoms with Gasteiger partial charge in [0.2, 0.25) is 15.2 Å². The molecule has 0 amide bonds. The Bertz CT molecular complexity index is 1910. The second-order valence-electron chi connectivity index (χ2n) is 11.5. The monoisotopic (exact) mass is 692 g/mol. The quantitative estimate of drug-likeness (QED) is 0.166. The Balaban J connectivity index is 1.15. The normalized spacial score (nSPS) is 14.7. The number of hydrogen-bond donors (Lipinski definition) is 1. The van der Waals surface area contributed by atoms with Crippen LogP contribution >= 0.6 is 34.7 Å². The predicted molar refractivity (Wildman–Crippen MR) is 190 cm³/mol. The van der Waals surface area contributed by atoms with E-state index in [0.717, 1.165) is 39.8 Å². The van der Waals surface area contributed by atoms with Crippen molar-refractivity contribution in [2.24, 2.45) is 0 Å². The zero-order chi connectivity index (χ0) is 32.4. The van der Waals surface area contributed by atoms with Gasteiger partial charge in [0.1, 0.15) is 0 Å². The molecule has 0 aliphatic carbocycles. The van der Waals surface area contributed by atoms with Gasteiger partial charge < -0.3 is 15.5 Å². The first-order chi connectivity index (χ1) is 22.1. The lowest BCUT2D eigenvalue weighted by atomic mass is 9.91. The van der Waals surface area contributed by atoms with Gasteiger partial charge in [0.05, 0.1) is 14.9 Å². The van der Waals surface area contributed by atoms with Crippen molar-refractivity contribution in [3.63, 3.8) is 0 Å². The molecule has 2 N–H and O–H groups in total. The third-order valence-corrected chi connectivity index (χ3v) is 11.7. The number of piperazine rings is 1. The highest BCUT2D eigenvalue weighted by molar-refractivity contribution is 7.89. The number of nitrogens with zero attached hydrogens (tertiary/aromatic N) is 5. The molecule has 46 heavy (non-hydrogen) atoms. The lowest BCUT2D eigenvalue weighted by Gasteiger charge is -2.33. The lowest BCUT2D eigenvalue weighted by molar-refractivity contribution is 0.384. The Labute approximate surface area is 284 Å². The minimum atomic E-state index is -3.66. The maximum atomic E-state index is 13.5. The van der Waals surface area contributed by atoms with Crippen molar-refractivity contribution in [1.29, 1.82) is 0 Å². The fourth-order valence-corrected chi connectivity index (χ4v) is 8.01. The topological polar surface area (TPSA) is 95.7 Å². The average Bonchev–Trinajstić information content (AvgIpc) is 3.56. The van der Waals surface area contributed by atoms with Crippen LogP contribution in [-0.4, -0.2) is 62.4 Å². The molecule has 8 nitrogen and oxygen atoms in total. The number of nitrogens with two attached hydrogens (primary N) is 1. The standard InChI is InChI=1S/C34H34Cl2N6O2S2/c1-40(2)28-12-3-23(4-13-28)21-30(25-5-10-27(37)11-6-25)33-38-34(45-39-33)41-17-19-42(20-18-41)46(43,44)29-14-7-24(8-15-29)26-9-16-31(35)32(36)22-26/h3-16,22,30H,17-21,37H2,1-2H3. The lowest BCUT2D eigenvalue weighted by Crippen LogP contribution is -2.48. The van der Waals surface area contributed by atoms with Gasteiger partial charge in [-0.1, -0.05) is 65.7 Å². The van der Waals surface area contributed by atoms with Crippen LogP contribution in [0.2, 0.25) is 10.0 Å². The fourth-order valence-electron chi connectivity index (χ4n) is 5.51. The van der Waals surface area contributed by atoms with Gasteiger partial charge in [-0.2, -0.15) is 8.68 Å². The number of nitrogen functional groups attached to an aromatic ring is 1. The molecule has 5 aromatic rings. The molecule has 1 fully saturated rings. The highest BCUT2D eigenvalue weighted by Crippen LogP contribution is 2.33. The van der Waals surface area contributed by atoms with Crippen molar-refractivity contribution in [1.82, 2.24) is 13.7 Å². The molecule has 1 aliphatic heterocycles. The van der Waals surface area contributed by atoms with Crippen molar-refractivity contribution in [2.45, 2.75) is 17.2 Å². The maximum absolute atomic E-state index is 13.5. The summed E-state index contributed by atoms with van der Waals surface area (Å²) in [6.07, 6.45) is 0.740. The van der Waals surface area contributed by atoms with E-state index in [9.17, 15) is 8.42 Å². The minimum absolute atomic E-state index is 0.0515. The van der Waals surface area contributed by atoms with Crippen LogP contribution in [0.25, 0.3) is 11.1 Å². The second-order valence-corrected chi connectivity index (χ2v) is 14.9. The van der Waals surface area contributed by atoms with E-state index in [0.29, 0.717) is 41.9 Å². The number of aromatic nitrogens is 2. The molecule has 0 bridgehead atoms. The summed E-state index contributed by atoms with van der Waals surface area (Å²) in [7, 11) is 0.396. The molecule has 1 aromatic heterocycles. The van der Waals surface area contributed by atoms with E-state index in [1.165, 1.54) is 21.4 Å². The molecular formula is C34H34Cl2N6O2S2. The summed E-state index contributed by atoms with van der Waals surface area (Å²) in [5.74, 6) is 0.697. The molecule has 0 saturated carbocycles. The first-order valence-corrected chi connectivity index (χ1v) is 17.8. The maximum Gasteiger partial charge on any atom is 0.243 e. The SMILES string of the molecule is CN(C)c1ccc(CC(c2ccc(N)cc2)c2nsc(N3CCN(S(=O)(=O)c4ccc(-c5ccc(Cl)c(Cl)c5)cc4)CC3)n2)cc1. The van der Waals surface area contributed by atoms with E-state index >= 15 is 0 Å². The molecule has 6 rings (SSSR count). The first kappa shape index (κ1) is 32.3. The average molecular weight is 694 g/mol.